The van der Waals surface area contributed by atoms with E-state index in [1.807, 2.05) is 37.4 Å². The van der Waals surface area contributed by atoms with Crippen LogP contribution >= 0.6 is 0 Å². The van der Waals surface area contributed by atoms with Crippen LogP contribution in [0.25, 0.3) is 0 Å². The topological polar surface area (TPSA) is 42.4 Å². The van der Waals surface area contributed by atoms with E-state index in [-0.39, 0.29) is 5.92 Å². The van der Waals surface area contributed by atoms with Crippen molar-refractivity contribution < 1.29 is 9.84 Å². The second-order valence-electron chi connectivity index (χ2n) is 5.74. The van der Waals surface area contributed by atoms with Crippen molar-refractivity contribution in [3.05, 3.63) is 58.9 Å². The third-order valence-electron chi connectivity index (χ3n) is 4.33. The van der Waals surface area contributed by atoms with Gasteiger partial charge in [-0.2, -0.15) is 0 Å². The Morgan fingerprint density at radius 1 is 1.33 bits per heavy atom. The highest BCUT2D eigenvalue weighted by molar-refractivity contribution is 5.41. The zero-order chi connectivity index (χ0) is 14.8. The molecule has 3 heteroatoms. The Morgan fingerprint density at radius 3 is 3.00 bits per heavy atom. The maximum Gasteiger partial charge on any atom is 0.124 e. The summed E-state index contributed by atoms with van der Waals surface area (Å²) in [7, 11) is 1.65. The molecule has 0 amide bonds. The Morgan fingerprint density at radius 2 is 2.19 bits per heavy atom. The molecule has 2 aromatic rings. The van der Waals surface area contributed by atoms with Crippen LogP contribution in [0.3, 0.4) is 0 Å². The SMILES string of the molecule is COc1cc(C)ccc1C(O)C1CCCc2cccnc21. The third-order valence-corrected chi connectivity index (χ3v) is 4.33. The Hall–Kier alpha value is -1.87. The maximum atomic E-state index is 10.9. The minimum absolute atomic E-state index is 0.0477. The molecule has 2 unspecified atom stereocenters. The van der Waals surface area contributed by atoms with Crippen LogP contribution in [-0.2, 0) is 6.42 Å². The number of aliphatic hydroxyl groups excluding tert-OH is 1. The van der Waals surface area contributed by atoms with Crippen molar-refractivity contribution in [2.45, 2.75) is 38.2 Å². The zero-order valence-corrected chi connectivity index (χ0v) is 12.5. The van der Waals surface area contributed by atoms with Crippen LogP contribution in [0, 0.1) is 6.92 Å². The normalized spacial score (nSPS) is 18.9. The van der Waals surface area contributed by atoms with E-state index in [0.29, 0.717) is 0 Å². The van der Waals surface area contributed by atoms with Gasteiger partial charge in [0.1, 0.15) is 5.75 Å². The number of aromatic nitrogens is 1. The minimum Gasteiger partial charge on any atom is -0.496 e. The summed E-state index contributed by atoms with van der Waals surface area (Å²) in [5, 5.41) is 10.9. The molecule has 2 atom stereocenters. The summed E-state index contributed by atoms with van der Waals surface area (Å²) < 4.78 is 5.45. The highest BCUT2D eigenvalue weighted by Crippen LogP contribution is 2.41. The summed E-state index contributed by atoms with van der Waals surface area (Å²) >= 11 is 0. The van der Waals surface area contributed by atoms with Gasteiger partial charge in [-0.25, -0.2) is 0 Å². The van der Waals surface area contributed by atoms with Gasteiger partial charge in [0.05, 0.1) is 13.2 Å². The first-order valence-electron chi connectivity index (χ1n) is 7.47. The first-order valence-corrected chi connectivity index (χ1v) is 7.47. The molecule has 1 aromatic heterocycles. The lowest BCUT2D eigenvalue weighted by atomic mass is 9.80. The highest BCUT2D eigenvalue weighted by Gasteiger charge is 2.30. The first-order chi connectivity index (χ1) is 10.2. The fourth-order valence-electron chi connectivity index (χ4n) is 3.23. The van der Waals surface area contributed by atoms with E-state index in [1.54, 1.807) is 7.11 Å². The molecule has 0 fully saturated rings. The largest absolute Gasteiger partial charge is 0.496 e. The van der Waals surface area contributed by atoms with Crippen molar-refractivity contribution in [3.63, 3.8) is 0 Å². The predicted octanol–water partition coefficient (Wildman–Crippen LogP) is 3.55. The van der Waals surface area contributed by atoms with E-state index in [4.69, 9.17) is 4.74 Å². The summed E-state index contributed by atoms with van der Waals surface area (Å²) in [4.78, 5) is 4.52. The molecule has 0 spiro atoms. The molecular weight excluding hydrogens is 262 g/mol. The number of methoxy groups -OCH3 is 1. The molecule has 1 heterocycles. The predicted molar refractivity (Wildman–Crippen MR) is 82.6 cm³/mol. The number of benzene rings is 1. The van der Waals surface area contributed by atoms with Crippen LogP contribution in [0.1, 0.15) is 47.2 Å². The maximum absolute atomic E-state index is 10.9. The number of fused-ring (bicyclic) bond motifs is 1. The fourth-order valence-corrected chi connectivity index (χ4v) is 3.23. The monoisotopic (exact) mass is 283 g/mol. The minimum atomic E-state index is -0.575. The van der Waals surface area contributed by atoms with Gasteiger partial charge in [0, 0.05) is 23.4 Å². The van der Waals surface area contributed by atoms with Gasteiger partial charge >= 0.3 is 0 Å². The van der Waals surface area contributed by atoms with E-state index in [0.717, 1.165) is 41.8 Å². The van der Waals surface area contributed by atoms with Gasteiger partial charge in [-0.3, -0.25) is 4.98 Å². The fraction of sp³-hybridized carbons (Fsp3) is 0.389. The Labute approximate surface area is 125 Å². The zero-order valence-electron chi connectivity index (χ0n) is 12.5. The van der Waals surface area contributed by atoms with E-state index in [9.17, 15) is 5.11 Å². The van der Waals surface area contributed by atoms with Crippen LogP contribution in [0.15, 0.2) is 36.5 Å². The average molecular weight is 283 g/mol. The third kappa shape index (κ3) is 2.66. The van der Waals surface area contributed by atoms with Crippen LogP contribution in [0.4, 0.5) is 0 Å². The molecule has 1 aliphatic carbocycles. The van der Waals surface area contributed by atoms with Crippen molar-refractivity contribution in [3.8, 4) is 5.75 Å². The standard InChI is InChI=1S/C18H21NO2/c1-12-8-9-14(16(11-12)21-2)18(20)15-7-3-5-13-6-4-10-19-17(13)15/h4,6,8-11,15,18,20H,3,5,7H2,1-2H3. The number of nitrogens with zero attached hydrogens (tertiary/aromatic N) is 1. The Kier molecular flexibility index (Phi) is 3.93. The van der Waals surface area contributed by atoms with Crippen molar-refractivity contribution in [1.82, 2.24) is 4.98 Å². The molecule has 21 heavy (non-hydrogen) atoms. The molecule has 110 valence electrons. The quantitative estimate of drug-likeness (QED) is 0.936. The highest BCUT2D eigenvalue weighted by atomic mass is 16.5. The number of rotatable bonds is 3. The van der Waals surface area contributed by atoms with Gasteiger partial charge in [-0.1, -0.05) is 18.2 Å². The van der Waals surface area contributed by atoms with Gasteiger partial charge in [-0.05, 0) is 49.4 Å². The number of aliphatic hydroxyl groups is 1. The number of pyridine rings is 1. The molecule has 1 aromatic carbocycles. The number of hydrogen-bond donors (Lipinski definition) is 1. The molecule has 0 bridgehead atoms. The Balaban J connectivity index is 1.98. The van der Waals surface area contributed by atoms with E-state index < -0.39 is 6.10 Å². The lowest BCUT2D eigenvalue weighted by molar-refractivity contribution is 0.130. The van der Waals surface area contributed by atoms with Gasteiger partial charge < -0.3 is 9.84 Å². The first kappa shape index (κ1) is 14.1. The lowest BCUT2D eigenvalue weighted by Gasteiger charge is -2.29. The van der Waals surface area contributed by atoms with Gasteiger partial charge in [0.15, 0.2) is 0 Å². The summed E-state index contributed by atoms with van der Waals surface area (Å²) in [5.74, 6) is 0.803. The summed E-state index contributed by atoms with van der Waals surface area (Å²) in [5.41, 5.74) is 4.29. The van der Waals surface area contributed by atoms with Crippen molar-refractivity contribution in [2.75, 3.05) is 7.11 Å². The molecule has 3 rings (SSSR count). The second-order valence-corrected chi connectivity index (χ2v) is 5.74. The molecule has 1 N–H and O–H groups in total. The molecular formula is C18H21NO2. The molecule has 3 nitrogen and oxygen atoms in total. The van der Waals surface area contributed by atoms with Gasteiger partial charge in [0.2, 0.25) is 0 Å². The Bertz CT molecular complexity index is 639. The molecule has 0 saturated heterocycles. The summed E-state index contributed by atoms with van der Waals surface area (Å²) in [6.45, 7) is 2.02. The van der Waals surface area contributed by atoms with Gasteiger partial charge in [-0.15, -0.1) is 0 Å². The number of aryl methyl sites for hydroxylation is 2. The van der Waals surface area contributed by atoms with Gasteiger partial charge in [0.25, 0.3) is 0 Å². The van der Waals surface area contributed by atoms with Crippen molar-refractivity contribution in [2.24, 2.45) is 0 Å². The molecule has 0 saturated carbocycles. The van der Waals surface area contributed by atoms with Crippen LogP contribution < -0.4 is 4.74 Å². The summed E-state index contributed by atoms with van der Waals surface area (Å²) in [6, 6.07) is 10.0. The van der Waals surface area contributed by atoms with E-state index in [2.05, 4.69) is 11.1 Å². The number of ether oxygens (including phenoxy) is 1. The van der Waals surface area contributed by atoms with E-state index >= 15 is 0 Å². The lowest BCUT2D eigenvalue weighted by Crippen LogP contribution is -2.19. The summed E-state index contributed by atoms with van der Waals surface area (Å²) in [6.07, 6.45) is 4.35. The number of hydrogen-bond acceptors (Lipinski definition) is 3. The smallest absolute Gasteiger partial charge is 0.124 e. The molecule has 1 aliphatic rings. The van der Waals surface area contributed by atoms with Crippen LogP contribution in [0.2, 0.25) is 0 Å². The van der Waals surface area contributed by atoms with Crippen molar-refractivity contribution in [1.29, 1.82) is 0 Å². The average Bonchev–Trinajstić information content (AvgIpc) is 2.53. The molecule has 0 radical (unpaired) electrons. The van der Waals surface area contributed by atoms with Crippen LogP contribution in [0.5, 0.6) is 5.75 Å². The van der Waals surface area contributed by atoms with E-state index in [1.165, 1.54) is 5.56 Å². The van der Waals surface area contributed by atoms with Crippen molar-refractivity contribution >= 4 is 0 Å². The molecule has 0 aliphatic heterocycles. The van der Waals surface area contributed by atoms with Crippen LogP contribution in [-0.4, -0.2) is 17.2 Å². The second kappa shape index (κ2) is 5.86.